The minimum absolute atomic E-state index is 0.114. The number of benzene rings is 1. The fourth-order valence-electron chi connectivity index (χ4n) is 4.05. The number of halogens is 3. The van der Waals surface area contributed by atoms with Gasteiger partial charge in [-0.15, -0.1) is 0 Å². The summed E-state index contributed by atoms with van der Waals surface area (Å²) in [6.45, 7) is 6.03. The number of aliphatic hydroxyl groups excluding tert-OH is 1. The third-order valence-corrected chi connectivity index (χ3v) is 6.42. The molecule has 2 aromatic rings. The van der Waals surface area contributed by atoms with Crippen LogP contribution >= 0.6 is 11.6 Å². The maximum atomic E-state index is 13.6. The molecule has 0 saturated carbocycles. The van der Waals surface area contributed by atoms with Crippen LogP contribution in [-0.2, 0) is 39.6 Å². The lowest BCUT2D eigenvalue weighted by Gasteiger charge is -2.33. The van der Waals surface area contributed by atoms with Crippen molar-refractivity contribution in [3.8, 4) is 0 Å². The highest BCUT2D eigenvalue weighted by Gasteiger charge is 2.37. The van der Waals surface area contributed by atoms with Crippen molar-refractivity contribution in [3.05, 3.63) is 51.9 Å². The van der Waals surface area contributed by atoms with Gasteiger partial charge in [-0.1, -0.05) is 38.5 Å². The van der Waals surface area contributed by atoms with Crippen LogP contribution in [0.2, 0.25) is 5.28 Å². The summed E-state index contributed by atoms with van der Waals surface area (Å²) in [6, 6.07) is 5.97. The number of ether oxygens (including phenoxy) is 2. The fourth-order valence-corrected chi connectivity index (χ4v) is 4.24. The highest BCUT2D eigenvalue weighted by atomic mass is 35.5. The van der Waals surface area contributed by atoms with Crippen LogP contribution in [0.15, 0.2) is 24.3 Å². The quantitative estimate of drug-likeness (QED) is 0.414. The largest absolute Gasteiger partial charge is 0.390 e. The summed E-state index contributed by atoms with van der Waals surface area (Å²) in [5, 5.41) is 12.2. The van der Waals surface area contributed by atoms with Crippen molar-refractivity contribution < 1.29 is 28.2 Å². The van der Waals surface area contributed by atoms with E-state index in [0.29, 0.717) is 44.0 Å². The first kappa shape index (κ1) is 30.0. The van der Waals surface area contributed by atoms with E-state index in [4.69, 9.17) is 26.2 Å². The number of carbonyl (C=O) groups excluding carboxylic acids is 1. The maximum Gasteiger partial charge on any atom is 0.295 e. The number of rotatable bonds is 10. The van der Waals surface area contributed by atoms with Gasteiger partial charge < -0.3 is 19.9 Å². The Labute approximate surface area is 216 Å². The molecule has 1 aromatic carbocycles. The van der Waals surface area contributed by atoms with E-state index in [1.54, 1.807) is 26.2 Å². The minimum atomic E-state index is -3.25. The predicted octanol–water partition coefficient (Wildman–Crippen LogP) is 5.11. The van der Waals surface area contributed by atoms with Gasteiger partial charge in [-0.25, -0.2) is 9.97 Å². The molecule has 0 bridgehead atoms. The molecule has 0 unspecified atom stereocenters. The van der Waals surface area contributed by atoms with Crippen LogP contribution in [0.4, 0.5) is 14.6 Å². The number of carbonyl (C=O) groups is 1. The molecule has 0 amide bonds. The summed E-state index contributed by atoms with van der Waals surface area (Å²) in [4.78, 5) is 19.7. The number of hydrogen-bond donors (Lipinski definition) is 2. The number of ketones is 1. The van der Waals surface area contributed by atoms with Crippen LogP contribution in [0.5, 0.6) is 0 Å². The van der Waals surface area contributed by atoms with Crippen molar-refractivity contribution in [3.63, 3.8) is 0 Å². The summed E-state index contributed by atoms with van der Waals surface area (Å²) in [6.07, 6.45) is 3.88. The second kappa shape index (κ2) is 13.9. The Morgan fingerprint density at radius 3 is 2.50 bits per heavy atom. The van der Waals surface area contributed by atoms with Crippen molar-refractivity contribution >= 4 is 23.2 Å². The van der Waals surface area contributed by atoms with Crippen LogP contribution in [0.3, 0.4) is 0 Å². The molecule has 10 heteroatoms. The average molecular weight is 528 g/mol. The average Bonchev–Trinajstić information content (AvgIpc) is 2.88. The van der Waals surface area contributed by atoms with Gasteiger partial charge in [-0.3, -0.25) is 4.79 Å². The maximum absolute atomic E-state index is 13.6. The molecule has 2 heterocycles. The molecule has 1 aromatic heterocycles. The van der Waals surface area contributed by atoms with Crippen molar-refractivity contribution in [2.75, 3.05) is 32.2 Å². The highest BCUT2D eigenvalue weighted by Crippen LogP contribution is 2.28. The van der Waals surface area contributed by atoms with Crippen LogP contribution in [0.1, 0.15) is 62.4 Å². The van der Waals surface area contributed by atoms with E-state index in [1.165, 1.54) is 12.1 Å². The molecule has 0 aliphatic carbocycles. The molecule has 0 atom stereocenters. The number of Topliss-reactive ketones (excluding diaryl/α,β-unsaturated/α-hetero) is 1. The lowest BCUT2D eigenvalue weighted by atomic mass is 9.90. The lowest BCUT2D eigenvalue weighted by molar-refractivity contribution is -0.150. The Morgan fingerprint density at radius 2 is 1.97 bits per heavy atom. The molecule has 7 nitrogen and oxygen atoms in total. The van der Waals surface area contributed by atoms with E-state index >= 15 is 0 Å². The van der Waals surface area contributed by atoms with Gasteiger partial charge in [0, 0.05) is 50.8 Å². The Morgan fingerprint density at radius 1 is 1.28 bits per heavy atom. The van der Waals surface area contributed by atoms with Gasteiger partial charge >= 0.3 is 0 Å². The summed E-state index contributed by atoms with van der Waals surface area (Å²) in [5.41, 5.74) is 1.81. The molecule has 0 radical (unpaired) electrons. The smallest absolute Gasteiger partial charge is 0.295 e. The molecule has 36 heavy (non-hydrogen) atoms. The minimum Gasteiger partial charge on any atom is -0.390 e. The van der Waals surface area contributed by atoms with E-state index < -0.39 is 18.1 Å². The zero-order chi connectivity index (χ0) is 26.8. The molecule has 1 saturated heterocycles. The van der Waals surface area contributed by atoms with Gasteiger partial charge in [-0.2, -0.15) is 8.78 Å². The Balaban J connectivity index is 0.000000346. The molecule has 2 N–H and O–H groups in total. The van der Waals surface area contributed by atoms with Crippen LogP contribution in [0.25, 0.3) is 0 Å². The highest BCUT2D eigenvalue weighted by molar-refractivity contribution is 6.28. The number of aromatic nitrogens is 2. The Kier molecular flexibility index (Phi) is 11.6. The number of anilines is 1. The van der Waals surface area contributed by atoms with Crippen molar-refractivity contribution in [1.29, 1.82) is 0 Å². The Bertz CT molecular complexity index is 1000. The van der Waals surface area contributed by atoms with Gasteiger partial charge in [0.15, 0.2) is 5.78 Å². The number of hydrogen-bond acceptors (Lipinski definition) is 7. The van der Waals surface area contributed by atoms with Gasteiger partial charge in [0.1, 0.15) is 18.0 Å². The number of aryl methyl sites for hydroxylation is 1. The number of nitrogens with zero attached hydrogens (tertiary/aromatic N) is 2. The molecule has 3 rings (SSSR count). The van der Waals surface area contributed by atoms with E-state index in [1.807, 2.05) is 6.92 Å². The normalized spacial score (nSPS) is 15.1. The topological polar surface area (TPSA) is 93.6 Å². The number of nitrogens with one attached hydrogen (secondary N) is 1. The summed E-state index contributed by atoms with van der Waals surface area (Å²) in [5.74, 6) is -2.51. The zero-order valence-corrected chi connectivity index (χ0v) is 22.1. The van der Waals surface area contributed by atoms with Crippen molar-refractivity contribution in [1.82, 2.24) is 9.97 Å². The molecular formula is C26H36ClF2N3O4. The first-order valence-corrected chi connectivity index (χ1v) is 12.5. The molecule has 1 aliphatic rings. The van der Waals surface area contributed by atoms with Crippen LogP contribution in [0, 0.1) is 0 Å². The molecular weight excluding hydrogens is 492 g/mol. The van der Waals surface area contributed by atoms with Crippen LogP contribution in [-0.4, -0.2) is 53.4 Å². The van der Waals surface area contributed by atoms with Gasteiger partial charge in [0.2, 0.25) is 5.28 Å². The van der Waals surface area contributed by atoms with Gasteiger partial charge in [0.25, 0.3) is 5.92 Å². The first-order valence-electron chi connectivity index (χ1n) is 12.1. The summed E-state index contributed by atoms with van der Waals surface area (Å²) < 4.78 is 37.6. The molecule has 200 valence electrons. The SMILES string of the molecule is CCCc1nc(Cl)nc(NCc2cccc(C(F)(F)CO)c2)c1CC.COC1(C(C)=O)CCOCC1. The molecule has 0 spiro atoms. The zero-order valence-electron chi connectivity index (χ0n) is 21.4. The molecule has 1 fully saturated rings. The lowest BCUT2D eigenvalue weighted by Crippen LogP contribution is -2.44. The third kappa shape index (κ3) is 7.90. The van der Waals surface area contributed by atoms with E-state index in [9.17, 15) is 13.6 Å². The standard InChI is InChI=1S/C18H22ClF2N3O.C8H14O3/c1-3-6-15-14(4-2)16(24-17(19)23-15)22-10-12-7-5-8-13(9-12)18(20,21)11-25;1-7(9)8(10-2)3-5-11-6-4-8/h5,7-9,25H,3-4,6,10-11H2,1-2H3,(H,22,23,24);3-6H2,1-2H3. The van der Waals surface area contributed by atoms with Crippen molar-refractivity contribution in [2.24, 2.45) is 0 Å². The van der Waals surface area contributed by atoms with E-state index in [-0.39, 0.29) is 16.6 Å². The predicted molar refractivity (Wildman–Crippen MR) is 136 cm³/mol. The monoisotopic (exact) mass is 527 g/mol. The van der Waals surface area contributed by atoms with Crippen molar-refractivity contribution in [2.45, 2.75) is 70.9 Å². The molecule has 1 aliphatic heterocycles. The van der Waals surface area contributed by atoms with Gasteiger partial charge in [0.05, 0.1) is 5.69 Å². The van der Waals surface area contributed by atoms with E-state index in [0.717, 1.165) is 30.5 Å². The second-order valence-electron chi connectivity index (χ2n) is 8.65. The fraction of sp³-hybridized carbons (Fsp3) is 0.577. The van der Waals surface area contributed by atoms with Crippen LogP contribution < -0.4 is 5.32 Å². The second-order valence-corrected chi connectivity index (χ2v) is 8.99. The summed E-state index contributed by atoms with van der Waals surface area (Å²) >= 11 is 6.01. The van der Waals surface area contributed by atoms with E-state index in [2.05, 4.69) is 22.2 Å². The first-order chi connectivity index (χ1) is 17.1. The number of alkyl halides is 2. The number of aliphatic hydroxyl groups is 1. The number of methoxy groups -OCH3 is 1. The van der Waals surface area contributed by atoms with Gasteiger partial charge in [-0.05, 0) is 43.0 Å². The summed E-state index contributed by atoms with van der Waals surface area (Å²) in [7, 11) is 1.59. The third-order valence-electron chi connectivity index (χ3n) is 6.25. The Hall–Kier alpha value is -2.20.